The van der Waals surface area contributed by atoms with Gasteiger partial charge in [-0.05, 0) is 42.8 Å². The number of thioether (sulfide) groups is 1. The summed E-state index contributed by atoms with van der Waals surface area (Å²) in [6, 6.07) is 6.24. The van der Waals surface area contributed by atoms with Crippen molar-refractivity contribution in [2.24, 2.45) is 5.73 Å². The molecule has 0 aliphatic heterocycles. The molecule has 1 unspecified atom stereocenters. The van der Waals surface area contributed by atoms with Gasteiger partial charge in [-0.3, -0.25) is 0 Å². The van der Waals surface area contributed by atoms with Gasteiger partial charge in [-0.2, -0.15) is 0 Å². The molecule has 0 aromatic heterocycles. The van der Waals surface area contributed by atoms with Gasteiger partial charge < -0.3 is 11.5 Å². The van der Waals surface area contributed by atoms with Crippen LogP contribution in [0.2, 0.25) is 0 Å². The second-order valence-corrected chi connectivity index (χ2v) is 4.33. The van der Waals surface area contributed by atoms with Crippen LogP contribution in [0, 0.1) is 0 Å². The molecule has 0 saturated carbocycles. The third kappa shape index (κ3) is 2.66. The second-order valence-electron chi connectivity index (χ2n) is 3.48. The van der Waals surface area contributed by atoms with E-state index >= 15 is 0 Å². The summed E-state index contributed by atoms with van der Waals surface area (Å²) < 4.78 is 0. The van der Waals surface area contributed by atoms with Crippen LogP contribution in [0.4, 0.5) is 5.69 Å². The number of rotatable bonds is 4. The molecule has 1 rings (SSSR count). The Labute approximate surface area is 90.1 Å². The smallest absolute Gasteiger partial charge is 0.0452 e. The fraction of sp³-hybridized carbons (Fsp3) is 0.455. The Morgan fingerprint density at radius 1 is 1.43 bits per heavy atom. The number of benzene rings is 1. The van der Waals surface area contributed by atoms with Gasteiger partial charge in [0.25, 0.3) is 0 Å². The van der Waals surface area contributed by atoms with Crippen LogP contribution in [0.3, 0.4) is 0 Å². The maximum atomic E-state index is 5.83. The van der Waals surface area contributed by atoms with Gasteiger partial charge >= 0.3 is 0 Å². The van der Waals surface area contributed by atoms with Gasteiger partial charge in [-0.1, -0.05) is 13.0 Å². The molecule has 0 radical (unpaired) electrons. The fourth-order valence-electron chi connectivity index (χ4n) is 1.45. The lowest BCUT2D eigenvalue weighted by molar-refractivity contribution is 0.689. The Morgan fingerprint density at radius 3 is 2.71 bits per heavy atom. The van der Waals surface area contributed by atoms with Crippen molar-refractivity contribution in [2.75, 3.05) is 18.5 Å². The molecule has 0 spiro atoms. The van der Waals surface area contributed by atoms with Crippen molar-refractivity contribution in [3.05, 3.63) is 23.8 Å². The van der Waals surface area contributed by atoms with Crippen molar-refractivity contribution in [3.63, 3.8) is 0 Å². The monoisotopic (exact) mass is 210 g/mol. The number of nitrogen functional groups attached to an aromatic ring is 1. The highest BCUT2D eigenvalue weighted by Crippen LogP contribution is 2.28. The van der Waals surface area contributed by atoms with E-state index in [2.05, 4.69) is 19.1 Å². The first kappa shape index (κ1) is 11.4. The SMILES string of the molecule is CSc1cc(C(C)CCN)ccc1N. The van der Waals surface area contributed by atoms with Crippen LogP contribution >= 0.6 is 11.8 Å². The van der Waals surface area contributed by atoms with Crippen LogP contribution in [-0.2, 0) is 0 Å². The predicted molar refractivity (Wildman–Crippen MR) is 64.7 cm³/mol. The number of anilines is 1. The summed E-state index contributed by atoms with van der Waals surface area (Å²) in [7, 11) is 0. The van der Waals surface area contributed by atoms with E-state index in [1.807, 2.05) is 12.3 Å². The minimum absolute atomic E-state index is 0.520. The molecular formula is C11H18N2S. The second kappa shape index (κ2) is 5.27. The zero-order valence-corrected chi connectivity index (χ0v) is 9.60. The first-order chi connectivity index (χ1) is 6.69. The van der Waals surface area contributed by atoms with Crippen molar-refractivity contribution in [3.8, 4) is 0 Å². The molecule has 1 aromatic carbocycles. The Morgan fingerprint density at radius 2 is 2.14 bits per heavy atom. The van der Waals surface area contributed by atoms with Crippen LogP contribution in [0.25, 0.3) is 0 Å². The zero-order chi connectivity index (χ0) is 10.6. The van der Waals surface area contributed by atoms with Crippen LogP contribution < -0.4 is 11.5 Å². The Hall–Kier alpha value is -0.670. The minimum Gasteiger partial charge on any atom is -0.398 e. The quantitative estimate of drug-likeness (QED) is 0.593. The van der Waals surface area contributed by atoms with Crippen molar-refractivity contribution in [1.82, 2.24) is 0 Å². The van der Waals surface area contributed by atoms with Gasteiger partial charge in [-0.25, -0.2) is 0 Å². The third-order valence-corrected chi connectivity index (χ3v) is 3.22. The zero-order valence-electron chi connectivity index (χ0n) is 8.79. The average molecular weight is 210 g/mol. The molecule has 0 bridgehead atoms. The van der Waals surface area contributed by atoms with E-state index < -0.39 is 0 Å². The Balaban J connectivity index is 2.88. The van der Waals surface area contributed by atoms with E-state index in [4.69, 9.17) is 11.5 Å². The summed E-state index contributed by atoms with van der Waals surface area (Å²) in [6.07, 6.45) is 3.07. The van der Waals surface area contributed by atoms with Crippen molar-refractivity contribution in [2.45, 2.75) is 24.2 Å². The van der Waals surface area contributed by atoms with E-state index in [1.165, 1.54) is 5.56 Å². The van der Waals surface area contributed by atoms with E-state index in [-0.39, 0.29) is 0 Å². The van der Waals surface area contributed by atoms with Crippen LogP contribution in [0.5, 0.6) is 0 Å². The van der Waals surface area contributed by atoms with E-state index in [9.17, 15) is 0 Å². The molecule has 1 aromatic rings. The molecule has 78 valence electrons. The fourth-order valence-corrected chi connectivity index (χ4v) is 2.01. The molecule has 0 amide bonds. The van der Waals surface area contributed by atoms with Crippen molar-refractivity contribution in [1.29, 1.82) is 0 Å². The largest absolute Gasteiger partial charge is 0.398 e. The van der Waals surface area contributed by atoms with Crippen LogP contribution in [-0.4, -0.2) is 12.8 Å². The molecule has 3 heteroatoms. The maximum absolute atomic E-state index is 5.83. The van der Waals surface area contributed by atoms with Crippen LogP contribution in [0.15, 0.2) is 23.1 Å². The lowest BCUT2D eigenvalue weighted by Gasteiger charge is -2.12. The van der Waals surface area contributed by atoms with E-state index in [0.717, 1.165) is 23.5 Å². The molecule has 1 atom stereocenters. The molecule has 0 heterocycles. The first-order valence-corrected chi connectivity index (χ1v) is 6.05. The van der Waals surface area contributed by atoms with Crippen LogP contribution in [0.1, 0.15) is 24.8 Å². The van der Waals surface area contributed by atoms with Crippen molar-refractivity contribution >= 4 is 17.4 Å². The minimum atomic E-state index is 0.520. The third-order valence-electron chi connectivity index (χ3n) is 2.43. The summed E-state index contributed by atoms with van der Waals surface area (Å²) in [6.45, 7) is 2.93. The molecule has 0 saturated heterocycles. The average Bonchev–Trinajstić information content (AvgIpc) is 2.19. The predicted octanol–water partition coefficient (Wildman–Crippen LogP) is 2.44. The van der Waals surface area contributed by atoms with E-state index in [0.29, 0.717) is 5.92 Å². The molecule has 4 N–H and O–H groups in total. The maximum Gasteiger partial charge on any atom is 0.0452 e. The summed E-state index contributed by atoms with van der Waals surface area (Å²) in [4.78, 5) is 1.16. The highest BCUT2D eigenvalue weighted by molar-refractivity contribution is 7.98. The van der Waals surface area contributed by atoms with Gasteiger partial charge in [0.15, 0.2) is 0 Å². The molecule has 0 aliphatic rings. The van der Waals surface area contributed by atoms with Gasteiger partial charge in [0.2, 0.25) is 0 Å². The molecule has 0 aliphatic carbocycles. The van der Waals surface area contributed by atoms with Gasteiger partial charge in [0, 0.05) is 10.6 Å². The Bertz CT molecular complexity index is 299. The summed E-state index contributed by atoms with van der Waals surface area (Å²) in [5, 5.41) is 0. The summed E-state index contributed by atoms with van der Waals surface area (Å²) >= 11 is 1.69. The van der Waals surface area contributed by atoms with Gasteiger partial charge in [0.1, 0.15) is 0 Å². The highest BCUT2D eigenvalue weighted by Gasteiger charge is 2.06. The Kier molecular flexibility index (Phi) is 4.29. The van der Waals surface area contributed by atoms with E-state index in [1.54, 1.807) is 11.8 Å². The molecule has 2 nitrogen and oxygen atoms in total. The lowest BCUT2D eigenvalue weighted by Crippen LogP contribution is -2.04. The topological polar surface area (TPSA) is 52.0 Å². The highest BCUT2D eigenvalue weighted by atomic mass is 32.2. The number of hydrogen-bond acceptors (Lipinski definition) is 3. The standard InChI is InChI=1S/C11H18N2S/c1-8(5-6-12)9-3-4-10(13)11(7-9)14-2/h3-4,7-8H,5-6,12-13H2,1-2H3. The number of hydrogen-bond donors (Lipinski definition) is 2. The molecule has 0 fully saturated rings. The normalized spacial score (nSPS) is 12.8. The summed E-state index contributed by atoms with van der Waals surface area (Å²) in [5.74, 6) is 0.520. The lowest BCUT2D eigenvalue weighted by atomic mass is 9.98. The molecule has 14 heavy (non-hydrogen) atoms. The molecular weight excluding hydrogens is 192 g/mol. The summed E-state index contributed by atoms with van der Waals surface area (Å²) in [5.41, 5.74) is 13.6. The number of nitrogens with two attached hydrogens (primary N) is 2. The van der Waals surface area contributed by atoms with Gasteiger partial charge in [-0.15, -0.1) is 11.8 Å². The van der Waals surface area contributed by atoms with Crippen molar-refractivity contribution < 1.29 is 0 Å². The first-order valence-electron chi connectivity index (χ1n) is 4.82. The van der Waals surface area contributed by atoms with Gasteiger partial charge in [0.05, 0.1) is 0 Å².